The quantitative estimate of drug-likeness (QED) is 0.0204. The van der Waals surface area contributed by atoms with E-state index in [1.165, 1.54) is 25.7 Å². The molecule has 0 aromatic heterocycles. The zero-order chi connectivity index (χ0) is 39.1. The van der Waals surface area contributed by atoms with Gasteiger partial charge < -0.3 is 27.9 Å². The molecule has 2 unspecified atom stereocenters. The van der Waals surface area contributed by atoms with E-state index in [1.54, 1.807) is 0 Å². The number of rotatable bonds is 37. The summed E-state index contributed by atoms with van der Waals surface area (Å²) in [6.07, 6.45) is 46.3. The minimum Gasteiger partial charge on any atom is -0.756 e. The number of nitrogens with zero attached hydrogens (tertiary/aromatic N) is 1. The van der Waals surface area contributed by atoms with Gasteiger partial charge in [0.15, 0.2) is 0 Å². The van der Waals surface area contributed by atoms with E-state index in [0.29, 0.717) is 24.1 Å². The molecule has 306 valence electrons. The summed E-state index contributed by atoms with van der Waals surface area (Å²) in [5.74, 6) is -0.359. The number of ether oxygens (including phenoxy) is 2. The fraction of sp³-hybridized carbons (Fsp3) is 0.705. The summed E-state index contributed by atoms with van der Waals surface area (Å²) < 4.78 is 34.4. The number of phosphoric acid groups is 1. The van der Waals surface area contributed by atoms with E-state index in [2.05, 4.69) is 86.8 Å². The number of hydrogen-bond donors (Lipinski definition) is 0. The molecule has 8 nitrogen and oxygen atoms in total. The van der Waals surface area contributed by atoms with Gasteiger partial charge in [-0.1, -0.05) is 132 Å². The van der Waals surface area contributed by atoms with Crippen LogP contribution in [0.25, 0.3) is 0 Å². The molecule has 0 aliphatic carbocycles. The van der Waals surface area contributed by atoms with Crippen molar-refractivity contribution in [2.45, 2.75) is 148 Å². The summed E-state index contributed by atoms with van der Waals surface area (Å²) in [6.45, 7) is 5.15. The van der Waals surface area contributed by atoms with Gasteiger partial charge in [0.25, 0.3) is 7.82 Å². The van der Waals surface area contributed by atoms with Gasteiger partial charge in [-0.25, -0.2) is 0 Å². The number of phosphoric ester groups is 1. The molecule has 53 heavy (non-hydrogen) atoms. The van der Waals surface area contributed by atoms with Crippen molar-refractivity contribution in [3.05, 3.63) is 72.9 Å². The highest BCUT2D eigenvalue weighted by Gasteiger charge is 2.20. The van der Waals surface area contributed by atoms with Crippen LogP contribution in [0.4, 0.5) is 0 Å². The number of hydrogen-bond acceptors (Lipinski definition) is 7. The SMILES string of the molecule is CC/C=C\C/C=C\C/C=C\C/C=C\C/C=C\CCCCCCOCC(COP(=O)([O-])OCC[N+](C)(C)C)OC(=O)CCCCCCC/C=C\CCCC. The molecule has 0 heterocycles. The molecule has 0 bridgehead atoms. The molecule has 0 aromatic rings. The highest BCUT2D eigenvalue weighted by molar-refractivity contribution is 7.45. The smallest absolute Gasteiger partial charge is 0.306 e. The zero-order valence-electron chi connectivity index (χ0n) is 34.4. The lowest BCUT2D eigenvalue weighted by Gasteiger charge is -2.28. The average molecular weight is 764 g/mol. The third-order valence-corrected chi connectivity index (χ3v) is 9.21. The van der Waals surface area contributed by atoms with Gasteiger partial charge >= 0.3 is 5.97 Å². The van der Waals surface area contributed by atoms with Crippen molar-refractivity contribution in [3.63, 3.8) is 0 Å². The summed E-state index contributed by atoms with van der Waals surface area (Å²) in [6, 6.07) is 0. The predicted molar refractivity (Wildman–Crippen MR) is 222 cm³/mol. The maximum absolute atomic E-state index is 12.6. The standard InChI is InChI=1S/C44H78NO7P/c1-6-8-10-12-14-16-18-19-20-21-22-23-24-25-26-28-30-32-34-36-39-49-41-43(42-51-53(47,48)50-40-38-45(3,4)5)52-44(46)37-35-33-31-29-27-17-15-13-11-9-7-2/h8,10,13-16,19-20,22-23,25-26,43H,6-7,9,11-12,17-18,21,24,27-42H2,1-5H3/b10-8-,15-13-,16-14-,20-19-,23-22-,26-25-. The fourth-order valence-corrected chi connectivity index (χ4v) is 5.75. The van der Waals surface area contributed by atoms with Crippen LogP contribution in [0.2, 0.25) is 0 Å². The van der Waals surface area contributed by atoms with E-state index in [1.807, 2.05) is 21.1 Å². The summed E-state index contributed by atoms with van der Waals surface area (Å²) in [5.41, 5.74) is 0. The minimum absolute atomic E-state index is 0.0153. The van der Waals surface area contributed by atoms with E-state index in [9.17, 15) is 14.3 Å². The van der Waals surface area contributed by atoms with E-state index in [0.717, 1.165) is 96.3 Å². The number of carbonyl (C=O) groups excluding carboxylic acids is 1. The molecule has 0 aromatic carbocycles. The Labute approximate surface area is 325 Å². The van der Waals surface area contributed by atoms with Crippen LogP contribution in [-0.2, 0) is 27.9 Å². The van der Waals surface area contributed by atoms with Crippen LogP contribution >= 0.6 is 7.82 Å². The molecular weight excluding hydrogens is 685 g/mol. The van der Waals surface area contributed by atoms with Crippen molar-refractivity contribution in [1.82, 2.24) is 0 Å². The Morgan fingerprint density at radius 3 is 1.66 bits per heavy atom. The maximum Gasteiger partial charge on any atom is 0.306 e. The Bertz CT molecular complexity index is 1070. The van der Waals surface area contributed by atoms with Crippen molar-refractivity contribution < 1.29 is 37.3 Å². The van der Waals surface area contributed by atoms with Gasteiger partial charge in [0.2, 0.25) is 0 Å². The molecule has 0 aliphatic heterocycles. The van der Waals surface area contributed by atoms with E-state index in [-0.39, 0.29) is 25.8 Å². The van der Waals surface area contributed by atoms with Gasteiger partial charge in [-0.05, 0) is 77.0 Å². The van der Waals surface area contributed by atoms with Gasteiger partial charge in [0.1, 0.15) is 19.3 Å². The molecule has 9 heteroatoms. The molecule has 0 N–H and O–H groups in total. The monoisotopic (exact) mass is 764 g/mol. The van der Waals surface area contributed by atoms with Crippen LogP contribution in [0.1, 0.15) is 142 Å². The summed E-state index contributed by atoms with van der Waals surface area (Å²) in [7, 11) is 1.32. The Morgan fingerprint density at radius 1 is 0.604 bits per heavy atom. The second kappa shape index (κ2) is 36.9. The largest absolute Gasteiger partial charge is 0.756 e. The number of likely N-dealkylation sites (N-methyl/N-ethyl adjacent to an activating group) is 1. The lowest BCUT2D eigenvalue weighted by Crippen LogP contribution is -2.37. The van der Waals surface area contributed by atoms with Gasteiger partial charge in [-0.15, -0.1) is 0 Å². The number of carbonyl (C=O) groups is 1. The molecule has 2 atom stereocenters. The van der Waals surface area contributed by atoms with Gasteiger partial charge in [-0.3, -0.25) is 9.36 Å². The van der Waals surface area contributed by atoms with Gasteiger partial charge in [0, 0.05) is 13.0 Å². The van der Waals surface area contributed by atoms with Crippen molar-refractivity contribution in [3.8, 4) is 0 Å². The molecule has 0 spiro atoms. The minimum atomic E-state index is -4.53. The van der Waals surface area contributed by atoms with E-state index < -0.39 is 13.9 Å². The van der Waals surface area contributed by atoms with Gasteiger partial charge in [-0.2, -0.15) is 0 Å². The molecule has 0 saturated heterocycles. The van der Waals surface area contributed by atoms with Gasteiger partial charge in [0.05, 0.1) is 34.4 Å². The van der Waals surface area contributed by atoms with Crippen molar-refractivity contribution in [2.75, 3.05) is 54.1 Å². The highest BCUT2D eigenvalue weighted by Crippen LogP contribution is 2.38. The first-order chi connectivity index (χ1) is 25.6. The van der Waals surface area contributed by atoms with Crippen LogP contribution in [0, 0.1) is 0 Å². The third kappa shape index (κ3) is 41.0. The van der Waals surface area contributed by atoms with Crippen LogP contribution in [0.15, 0.2) is 72.9 Å². The molecule has 0 fully saturated rings. The highest BCUT2D eigenvalue weighted by atomic mass is 31.2. The second-order valence-electron chi connectivity index (χ2n) is 14.6. The Hall–Kier alpha value is -2.06. The summed E-state index contributed by atoms with van der Waals surface area (Å²) in [5, 5.41) is 0. The molecule has 0 aliphatic rings. The summed E-state index contributed by atoms with van der Waals surface area (Å²) in [4.78, 5) is 24.9. The van der Waals surface area contributed by atoms with Crippen LogP contribution in [0.3, 0.4) is 0 Å². The number of unbranched alkanes of at least 4 members (excludes halogenated alkanes) is 11. The Balaban J connectivity index is 4.31. The normalized spacial score (nSPS) is 14.6. The van der Waals surface area contributed by atoms with Crippen LogP contribution < -0.4 is 4.89 Å². The van der Waals surface area contributed by atoms with Crippen LogP contribution in [0.5, 0.6) is 0 Å². The molecule has 0 radical (unpaired) electrons. The summed E-state index contributed by atoms with van der Waals surface area (Å²) >= 11 is 0. The molecule has 0 amide bonds. The van der Waals surface area contributed by atoms with Crippen molar-refractivity contribution >= 4 is 13.8 Å². The second-order valence-corrected chi connectivity index (χ2v) is 16.0. The lowest BCUT2D eigenvalue weighted by atomic mass is 10.1. The predicted octanol–water partition coefficient (Wildman–Crippen LogP) is 11.3. The first-order valence-corrected chi connectivity index (χ1v) is 22.1. The Morgan fingerprint density at radius 2 is 1.09 bits per heavy atom. The molecule has 0 saturated carbocycles. The average Bonchev–Trinajstić information content (AvgIpc) is 3.11. The zero-order valence-corrected chi connectivity index (χ0v) is 35.3. The molecular formula is C44H78NO7P. The van der Waals surface area contributed by atoms with E-state index in [4.69, 9.17) is 18.5 Å². The fourth-order valence-electron chi connectivity index (χ4n) is 5.02. The number of esters is 1. The van der Waals surface area contributed by atoms with Crippen LogP contribution in [-0.4, -0.2) is 70.7 Å². The first kappa shape index (κ1) is 50.9. The van der Waals surface area contributed by atoms with Crippen molar-refractivity contribution in [1.29, 1.82) is 0 Å². The lowest BCUT2D eigenvalue weighted by molar-refractivity contribution is -0.870. The number of allylic oxidation sites excluding steroid dienone is 12. The van der Waals surface area contributed by atoms with Crippen molar-refractivity contribution in [2.24, 2.45) is 0 Å². The topological polar surface area (TPSA) is 94.1 Å². The first-order valence-electron chi connectivity index (χ1n) is 20.7. The maximum atomic E-state index is 12.6. The number of quaternary nitrogens is 1. The Kier molecular flexibility index (Phi) is 35.5. The third-order valence-electron chi connectivity index (χ3n) is 8.24. The van der Waals surface area contributed by atoms with E-state index >= 15 is 0 Å². The molecule has 0 rings (SSSR count).